The zero-order chi connectivity index (χ0) is 13.8. The van der Waals surface area contributed by atoms with Crippen molar-refractivity contribution >= 4 is 12.6 Å². The lowest BCUT2D eigenvalue weighted by Crippen LogP contribution is -2.32. The van der Waals surface area contributed by atoms with E-state index in [0.717, 1.165) is 37.4 Å². The zero-order valence-corrected chi connectivity index (χ0v) is 12.5. The van der Waals surface area contributed by atoms with Gasteiger partial charge < -0.3 is 4.57 Å². The molecule has 0 aromatic heterocycles. The van der Waals surface area contributed by atoms with Crippen molar-refractivity contribution in [1.29, 1.82) is 0 Å². The first-order valence-corrected chi connectivity index (χ1v) is 9.07. The van der Waals surface area contributed by atoms with Gasteiger partial charge in [0.05, 0.1) is 0 Å². The molecule has 2 nitrogen and oxygen atoms in total. The molecule has 1 aliphatic heterocycles. The van der Waals surface area contributed by atoms with Crippen molar-refractivity contribution in [2.75, 3.05) is 12.7 Å². The predicted molar refractivity (Wildman–Crippen MR) is 84.6 cm³/mol. The first-order chi connectivity index (χ1) is 9.79. The zero-order valence-electron chi connectivity index (χ0n) is 11.6. The molecule has 0 bridgehead atoms. The molecule has 0 N–H and O–H groups in total. The average Bonchev–Trinajstić information content (AvgIpc) is 2.52. The van der Waals surface area contributed by atoms with Gasteiger partial charge in [-0.2, -0.15) is 0 Å². The van der Waals surface area contributed by atoms with E-state index in [0.29, 0.717) is 0 Å². The summed E-state index contributed by atoms with van der Waals surface area (Å²) < 4.78 is 15.7. The molecule has 0 saturated carbocycles. The molecular formula is C17H20NOP. The lowest BCUT2D eigenvalue weighted by molar-refractivity contribution is 0.382. The molecule has 1 atom stereocenters. The van der Waals surface area contributed by atoms with Gasteiger partial charge in [0.15, 0.2) is 7.29 Å². The highest BCUT2D eigenvalue weighted by molar-refractivity contribution is 7.69. The van der Waals surface area contributed by atoms with Crippen molar-refractivity contribution in [2.45, 2.75) is 19.4 Å². The number of nitrogens with zero attached hydrogens (tertiary/aromatic N) is 1. The van der Waals surface area contributed by atoms with Gasteiger partial charge in [0.2, 0.25) is 0 Å². The fourth-order valence-electron chi connectivity index (χ4n) is 2.86. The highest BCUT2D eigenvalue weighted by Gasteiger charge is 2.34. The van der Waals surface area contributed by atoms with Gasteiger partial charge in [-0.25, -0.2) is 4.67 Å². The fourth-order valence-corrected chi connectivity index (χ4v) is 5.88. The van der Waals surface area contributed by atoms with Gasteiger partial charge in [-0.3, -0.25) is 0 Å². The van der Waals surface area contributed by atoms with E-state index < -0.39 is 7.29 Å². The quantitative estimate of drug-likeness (QED) is 0.797. The van der Waals surface area contributed by atoms with Crippen LogP contribution >= 0.6 is 7.29 Å². The highest BCUT2D eigenvalue weighted by atomic mass is 31.2. The van der Waals surface area contributed by atoms with Crippen molar-refractivity contribution < 1.29 is 4.57 Å². The Morgan fingerprint density at radius 1 is 0.900 bits per heavy atom. The van der Waals surface area contributed by atoms with Crippen LogP contribution in [0, 0.1) is 0 Å². The Balaban J connectivity index is 1.90. The molecule has 1 fully saturated rings. The van der Waals surface area contributed by atoms with Crippen molar-refractivity contribution in [3.05, 3.63) is 66.2 Å². The van der Waals surface area contributed by atoms with E-state index in [4.69, 9.17) is 0 Å². The van der Waals surface area contributed by atoms with Crippen LogP contribution in [0.4, 0.5) is 0 Å². The molecule has 3 rings (SSSR count). The third-order valence-corrected chi connectivity index (χ3v) is 7.23. The van der Waals surface area contributed by atoms with E-state index in [9.17, 15) is 4.57 Å². The summed E-state index contributed by atoms with van der Waals surface area (Å²) in [4.78, 5) is 0. The van der Waals surface area contributed by atoms with E-state index in [-0.39, 0.29) is 0 Å². The largest absolute Gasteiger partial charge is 0.301 e. The normalized spacial score (nSPS) is 23.6. The Morgan fingerprint density at radius 3 is 2.25 bits per heavy atom. The summed E-state index contributed by atoms with van der Waals surface area (Å²) in [5.41, 5.74) is 1.24. The van der Waals surface area contributed by atoms with E-state index in [1.165, 1.54) is 5.56 Å². The van der Waals surface area contributed by atoms with E-state index >= 15 is 0 Å². The molecule has 104 valence electrons. The molecule has 0 spiro atoms. The standard InChI is InChI=1S/C17H20NOP/c19-20(17-11-5-2-6-12-17)14-8-7-13-18(20)15-16-9-3-1-4-10-16/h1-6,9-12H,7-8,13-15H2. The van der Waals surface area contributed by atoms with Crippen LogP contribution in [0.15, 0.2) is 60.7 Å². The molecule has 3 heteroatoms. The van der Waals surface area contributed by atoms with Crippen molar-refractivity contribution in [3.8, 4) is 0 Å². The van der Waals surface area contributed by atoms with Gasteiger partial charge in [-0.05, 0) is 18.4 Å². The third-order valence-electron chi connectivity index (χ3n) is 3.95. The fraction of sp³-hybridized carbons (Fsp3) is 0.294. The second-order valence-corrected chi connectivity index (χ2v) is 8.27. The molecule has 20 heavy (non-hydrogen) atoms. The topological polar surface area (TPSA) is 20.3 Å². The van der Waals surface area contributed by atoms with Crippen LogP contribution in [0.3, 0.4) is 0 Å². The van der Waals surface area contributed by atoms with Gasteiger partial charge in [0.1, 0.15) is 0 Å². The van der Waals surface area contributed by atoms with Crippen molar-refractivity contribution in [3.63, 3.8) is 0 Å². The minimum absolute atomic E-state index is 0.785. The highest BCUT2D eigenvalue weighted by Crippen LogP contribution is 2.52. The van der Waals surface area contributed by atoms with Crippen molar-refractivity contribution in [1.82, 2.24) is 4.67 Å². The molecule has 1 saturated heterocycles. The van der Waals surface area contributed by atoms with E-state index in [1.54, 1.807) is 0 Å². The maximum Gasteiger partial charge on any atom is 0.179 e. The Morgan fingerprint density at radius 2 is 1.55 bits per heavy atom. The Kier molecular flexibility index (Phi) is 4.05. The van der Waals surface area contributed by atoms with Gasteiger partial charge >= 0.3 is 0 Å². The summed E-state index contributed by atoms with van der Waals surface area (Å²) in [7, 11) is -2.41. The Bertz CT molecular complexity index is 597. The van der Waals surface area contributed by atoms with E-state index in [2.05, 4.69) is 16.8 Å². The molecule has 1 heterocycles. The summed E-state index contributed by atoms with van der Waals surface area (Å²) in [6, 6.07) is 20.4. The van der Waals surface area contributed by atoms with Crippen LogP contribution in [0.2, 0.25) is 0 Å². The smallest absolute Gasteiger partial charge is 0.179 e. The van der Waals surface area contributed by atoms with Gasteiger partial charge in [0.25, 0.3) is 0 Å². The van der Waals surface area contributed by atoms with Crippen LogP contribution in [0.5, 0.6) is 0 Å². The summed E-state index contributed by atoms with van der Waals surface area (Å²) in [6.45, 7) is 1.72. The van der Waals surface area contributed by atoms with Gasteiger partial charge in [0, 0.05) is 24.6 Å². The molecule has 0 radical (unpaired) electrons. The van der Waals surface area contributed by atoms with Crippen LogP contribution in [-0.4, -0.2) is 17.4 Å². The van der Waals surface area contributed by atoms with Crippen LogP contribution in [-0.2, 0) is 11.1 Å². The SMILES string of the molecule is O=P1(c2ccccc2)CCCCN1Cc1ccccc1. The number of benzene rings is 2. The molecular weight excluding hydrogens is 265 g/mol. The predicted octanol–water partition coefficient (Wildman–Crippen LogP) is 3.89. The van der Waals surface area contributed by atoms with Crippen LogP contribution in [0.25, 0.3) is 0 Å². The van der Waals surface area contributed by atoms with E-state index in [1.807, 2.05) is 48.5 Å². The minimum atomic E-state index is -2.41. The summed E-state index contributed by atoms with van der Waals surface area (Å²) in [6.07, 6.45) is 3.02. The van der Waals surface area contributed by atoms with Gasteiger partial charge in [-0.1, -0.05) is 60.7 Å². The lowest BCUT2D eigenvalue weighted by Gasteiger charge is -2.36. The summed E-state index contributed by atoms with van der Waals surface area (Å²) in [5, 5.41) is 1.01. The average molecular weight is 285 g/mol. The Hall–Kier alpha value is -1.37. The minimum Gasteiger partial charge on any atom is -0.301 e. The summed E-state index contributed by atoms with van der Waals surface area (Å²) in [5.74, 6) is 0. The number of hydrogen-bond donors (Lipinski definition) is 0. The van der Waals surface area contributed by atoms with Gasteiger partial charge in [-0.15, -0.1) is 0 Å². The third kappa shape index (κ3) is 2.72. The number of hydrogen-bond acceptors (Lipinski definition) is 1. The molecule has 0 aliphatic carbocycles. The molecule has 1 aliphatic rings. The Labute approximate surface area is 120 Å². The lowest BCUT2D eigenvalue weighted by atomic mass is 10.2. The number of rotatable bonds is 3. The van der Waals surface area contributed by atoms with Crippen molar-refractivity contribution in [2.24, 2.45) is 0 Å². The first-order valence-electron chi connectivity index (χ1n) is 7.23. The molecule has 2 aromatic rings. The second-order valence-electron chi connectivity index (χ2n) is 5.34. The first kappa shape index (κ1) is 13.6. The maximum absolute atomic E-state index is 13.5. The molecule has 1 unspecified atom stereocenters. The molecule has 2 aromatic carbocycles. The second kappa shape index (κ2) is 5.95. The maximum atomic E-state index is 13.5. The van der Waals surface area contributed by atoms with Crippen LogP contribution in [0.1, 0.15) is 18.4 Å². The molecule has 0 amide bonds. The summed E-state index contributed by atoms with van der Waals surface area (Å²) >= 11 is 0. The van der Waals surface area contributed by atoms with Crippen LogP contribution < -0.4 is 5.30 Å². The monoisotopic (exact) mass is 285 g/mol.